The van der Waals surface area contributed by atoms with Crippen LogP contribution in [0.3, 0.4) is 0 Å². The maximum absolute atomic E-state index is 12.9. The summed E-state index contributed by atoms with van der Waals surface area (Å²) in [5.41, 5.74) is 0.566. The van der Waals surface area contributed by atoms with Gasteiger partial charge in [-0.15, -0.1) is 0 Å². The van der Waals surface area contributed by atoms with Crippen LogP contribution in [0.1, 0.15) is 53.2 Å². The van der Waals surface area contributed by atoms with Gasteiger partial charge in [-0.05, 0) is 31.4 Å². The molecule has 0 saturated carbocycles. The van der Waals surface area contributed by atoms with Gasteiger partial charge in [-0.1, -0.05) is 5.16 Å². The minimum atomic E-state index is -0.0232. The molecule has 1 aromatic heterocycles. The predicted octanol–water partition coefficient (Wildman–Crippen LogP) is 2.61. The van der Waals surface area contributed by atoms with Crippen LogP contribution in [0.4, 0.5) is 0 Å². The molecule has 3 heterocycles. The van der Waals surface area contributed by atoms with Crippen molar-refractivity contribution in [3.05, 3.63) is 35.5 Å². The van der Waals surface area contributed by atoms with Crippen molar-refractivity contribution in [3.8, 4) is 11.5 Å². The molecule has 2 fully saturated rings. The number of carbonyl (C=O) groups excluding carboxylic acids is 1. The number of likely N-dealkylation sites (tertiary alicyclic amines) is 1. The number of benzene rings is 1. The van der Waals surface area contributed by atoms with E-state index in [4.69, 9.17) is 18.7 Å². The Labute approximate surface area is 163 Å². The van der Waals surface area contributed by atoms with E-state index in [1.54, 1.807) is 32.4 Å². The Kier molecular flexibility index (Phi) is 5.47. The number of methoxy groups -OCH3 is 2. The van der Waals surface area contributed by atoms with Gasteiger partial charge in [0, 0.05) is 43.2 Å². The van der Waals surface area contributed by atoms with Crippen molar-refractivity contribution >= 4 is 5.91 Å². The molecule has 4 rings (SSSR count). The second-order valence-corrected chi connectivity index (χ2v) is 7.22. The molecule has 0 N–H and O–H groups in total. The van der Waals surface area contributed by atoms with Crippen LogP contribution in [0.5, 0.6) is 11.5 Å². The van der Waals surface area contributed by atoms with Gasteiger partial charge in [-0.25, -0.2) is 0 Å². The summed E-state index contributed by atoms with van der Waals surface area (Å²) in [6, 6.07) is 5.24. The Balaban J connectivity index is 1.39. The van der Waals surface area contributed by atoms with Crippen molar-refractivity contribution < 1.29 is 23.5 Å². The van der Waals surface area contributed by atoms with Crippen LogP contribution in [-0.4, -0.2) is 61.5 Å². The Bertz CT molecular complexity index is 801. The molecule has 1 amide bonds. The van der Waals surface area contributed by atoms with Crippen LogP contribution >= 0.6 is 0 Å². The average molecular weight is 387 g/mol. The minimum absolute atomic E-state index is 0.0232. The third kappa shape index (κ3) is 3.82. The fourth-order valence-electron chi connectivity index (χ4n) is 3.76. The first kappa shape index (κ1) is 18.7. The zero-order valence-corrected chi connectivity index (χ0v) is 16.2. The summed E-state index contributed by atoms with van der Waals surface area (Å²) in [4.78, 5) is 19.4. The molecule has 0 spiro atoms. The molecular weight excluding hydrogens is 362 g/mol. The van der Waals surface area contributed by atoms with Crippen LogP contribution < -0.4 is 9.47 Å². The molecule has 0 bridgehead atoms. The normalized spacial score (nSPS) is 20.4. The monoisotopic (exact) mass is 387 g/mol. The molecule has 28 heavy (non-hydrogen) atoms. The van der Waals surface area contributed by atoms with E-state index in [1.165, 1.54) is 0 Å². The second kappa shape index (κ2) is 8.18. The van der Waals surface area contributed by atoms with Crippen molar-refractivity contribution in [2.24, 2.45) is 0 Å². The maximum atomic E-state index is 12.9. The molecule has 1 unspecified atom stereocenters. The quantitative estimate of drug-likeness (QED) is 0.779. The lowest BCUT2D eigenvalue weighted by atomic mass is 9.96. The van der Waals surface area contributed by atoms with Gasteiger partial charge in [0.1, 0.15) is 11.5 Å². The number of hydrogen-bond acceptors (Lipinski definition) is 7. The van der Waals surface area contributed by atoms with Gasteiger partial charge < -0.3 is 23.6 Å². The van der Waals surface area contributed by atoms with Crippen LogP contribution in [0, 0.1) is 0 Å². The van der Waals surface area contributed by atoms with E-state index in [9.17, 15) is 4.79 Å². The summed E-state index contributed by atoms with van der Waals surface area (Å²) in [6.07, 6.45) is 2.54. The highest BCUT2D eigenvalue weighted by atomic mass is 16.5. The summed E-state index contributed by atoms with van der Waals surface area (Å²) in [6.45, 7) is 2.71. The number of rotatable bonds is 5. The number of piperidine rings is 1. The van der Waals surface area contributed by atoms with E-state index in [0.717, 1.165) is 31.7 Å². The smallest absolute Gasteiger partial charge is 0.254 e. The third-order valence-corrected chi connectivity index (χ3v) is 5.48. The van der Waals surface area contributed by atoms with Gasteiger partial charge >= 0.3 is 0 Å². The third-order valence-electron chi connectivity index (χ3n) is 5.48. The van der Waals surface area contributed by atoms with E-state index < -0.39 is 0 Å². The first-order valence-electron chi connectivity index (χ1n) is 9.61. The lowest BCUT2D eigenvalue weighted by molar-refractivity contribution is 0.0703. The molecule has 0 aliphatic carbocycles. The van der Waals surface area contributed by atoms with Crippen molar-refractivity contribution in [2.75, 3.05) is 40.5 Å². The van der Waals surface area contributed by atoms with Crippen LogP contribution in [0.15, 0.2) is 22.7 Å². The second-order valence-electron chi connectivity index (χ2n) is 7.22. The van der Waals surface area contributed by atoms with Crippen molar-refractivity contribution in [2.45, 2.75) is 31.1 Å². The van der Waals surface area contributed by atoms with Crippen molar-refractivity contribution in [3.63, 3.8) is 0 Å². The number of hydrogen-bond donors (Lipinski definition) is 0. The van der Waals surface area contributed by atoms with Crippen LogP contribution in [0.25, 0.3) is 0 Å². The lowest BCUT2D eigenvalue weighted by Crippen LogP contribution is -2.38. The van der Waals surface area contributed by atoms with Gasteiger partial charge in [0.05, 0.1) is 20.8 Å². The highest BCUT2D eigenvalue weighted by Gasteiger charge is 2.30. The first-order valence-corrected chi connectivity index (χ1v) is 9.61. The maximum Gasteiger partial charge on any atom is 0.254 e. The van der Waals surface area contributed by atoms with Crippen LogP contribution in [0.2, 0.25) is 0 Å². The molecule has 2 aliphatic heterocycles. The molecule has 1 aromatic carbocycles. The summed E-state index contributed by atoms with van der Waals surface area (Å²) in [5, 5.41) is 4.14. The number of aromatic nitrogens is 2. The molecule has 2 saturated heterocycles. The SMILES string of the molecule is COc1cc(OC)cc(C(=O)N2CCC(c3nc(C4CCOC4)no3)CC2)c1. The fraction of sp³-hybridized carbons (Fsp3) is 0.550. The minimum Gasteiger partial charge on any atom is -0.497 e. The number of carbonyl (C=O) groups is 1. The van der Waals surface area contributed by atoms with E-state index in [0.29, 0.717) is 42.6 Å². The van der Waals surface area contributed by atoms with E-state index >= 15 is 0 Å². The fourth-order valence-corrected chi connectivity index (χ4v) is 3.76. The van der Waals surface area contributed by atoms with Crippen molar-refractivity contribution in [1.29, 1.82) is 0 Å². The summed E-state index contributed by atoms with van der Waals surface area (Å²) in [7, 11) is 3.15. The Hall–Kier alpha value is -2.61. The summed E-state index contributed by atoms with van der Waals surface area (Å²) < 4.78 is 21.4. The van der Waals surface area contributed by atoms with Gasteiger partial charge in [-0.2, -0.15) is 4.98 Å². The molecule has 2 aliphatic rings. The van der Waals surface area contributed by atoms with Crippen molar-refractivity contribution in [1.82, 2.24) is 15.0 Å². The molecule has 2 aromatic rings. The van der Waals surface area contributed by atoms with Gasteiger partial charge in [0.25, 0.3) is 5.91 Å². The van der Waals surface area contributed by atoms with Crippen LogP contribution in [-0.2, 0) is 4.74 Å². The van der Waals surface area contributed by atoms with E-state index in [-0.39, 0.29) is 17.7 Å². The summed E-state index contributed by atoms with van der Waals surface area (Å²) in [5.74, 6) is 3.03. The van der Waals surface area contributed by atoms with Gasteiger partial charge in [-0.3, -0.25) is 4.79 Å². The number of ether oxygens (including phenoxy) is 3. The largest absolute Gasteiger partial charge is 0.497 e. The topological polar surface area (TPSA) is 86.9 Å². The molecule has 150 valence electrons. The zero-order valence-electron chi connectivity index (χ0n) is 16.2. The Morgan fingerprint density at radius 1 is 1.07 bits per heavy atom. The summed E-state index contributed by atoms with van der Waals surface area (Å²) >= 11 is 0. The van der Waals surface area contributed by atoms with Gasteiger partial charge in [0.15, 0.2) is 5.82 Å². The zero-order chi connectivity index (χ0) is 19.5. The average Bonchev–Trinajstić information content (AvgIpc) is 3.44. The number of amides is 1. The lowest BCUT2D eigenvalue weighted by Gasteiger charge is -2.30. The highest BCUT2D eigenvalue weighted by molar-refractivity contribution is 5.95. The first-order chi connectivity index (χ1) is 13.7. The molecule has 8 nitrogen and oxygen atoms in total. The standard InChI is InChI=1S/C20H25N3O5/c1-25-16-9-15(10-17(11-16)26-2)20(24)23-6-3-13(4-7-23)19-21-18(22-28-19)14-5-8-27-12-14/h9-11,13-14H,3-8,12H2,1-2H3. The Morgan fingerprint density at radius 2 is 1.79 bits per heavy atom. The van der Waals surface area contributed by atoms with Gasteiger partial charge in [0.2, 0.25) is 5.89 Å². The number of nitrogens with zero attached hydrogens (tertiary/aromatic N) is 3. The molecule has 1 atom stereocenters. The highest BCUT2D eigenvalue weighted by Crippen LogP contribution is 2.31. The predicted molar refractivity (Wildman–Crippen MR) is 99.9 cm³/mol. The Morgan fingerprint density at radius 3 is 2.39 bits per heavy atom. The molecule has 8 heteroatoms. The van der Waals surface area contributed by atoms with E-state index in [1.807, 2.05) is 4.90 Å². The molecular formula is C20H25N3O5. The van der Waals surface area contributed by atoms with E-state index in [2.05, 4.69) is 10.1 Å². The molecule has 0 radical (unpaired) electrons.